The molecule has 0 atom stereocenters. The Hall–Kier alpha value is -8.20. The summed E-state index contributed by atoms with van der Waals surface area (Å²) in [5, 5.41) is 4.64. The average molecular weight is 801 g/mol. The summed E-state index contributed by atoms with van der Waals surface area (Å²) in [5.41, 5.74) is 16.7. The topological polar surface area (TPSA) is 25.8 Å². The van der Waals surface area contributed by atoms with Gasteiger partial charge in [0.15, 0.2) is 5.82 Å². The molecule has 1 aliphatic rings. The molecule has 10 aromatic carbocycles. The molecule has 12 rings (SSSR count). The van der Waals surface area contributed by atoms with Crippen molar-refractivity contribution in [2.75, 3.05) is 0 Å². The summed E-state index contributed by atoms with van der Waals surface area (Å²) < 4.78 is 0. The van der Waals surface area contributed by atoms with Crippen molar-refractivity contribution < 1.29 is 0 Å². The van der Waals surface area contributed by atoms with Gasteiger partial charge < -0.3 is 0 Å². The highest BCUT2D eigenvalue weighted by Crippen LogP contribution is 2.57. The van der Waals surface area contributed by atoms with Gasteiger partial charge in [-0.3, -0.25) is 0 Å². The van der Waals surface area contributed by atoms with Crippen LogP contribution in [0.15, 0.2) is 243 Å². The van der Waals surface area contributed by atoms with Gasteiger partial charge in [-0.15, -0.1) is 0 Å². The van der Waals surface area contributed by atoms with E-state index in [1.54, 1.807) is 0 Å². The lowest BCUT2D eigenvalue weighted by Crippen LogP contribution is -2.28. The third-order valence-electron chi connectivity index (χ3n) is 13.0. The van der Waals surface area contributed by atoms with Crippen molar-refractivity contribution in [2.24, 2.45) is 0 Å². The fourth-order valence-corrected chi connectivity index (χ4v) is 10.2. The minimum absolute atomic E-state index is 0.481. The minimum atomic E-state index is -0.481. The minimum Gasteiger partial charge on any atom is -0.228 e. The normalized spacial score (nSPS) is 12.6. The van der Waals surface area contributed by atoms with E-state index >= 15 is 0 Å². The van der Waals surface area contributed by atoms with Gasteiger partial charge in [-0.1, -0.05) is 231 Å². The second kappa shape index (κ2) is 15.1. The van der Waals surface area contributed by atoms with E-state index in [4.69, 9.17) is 9.97 Å². The molecule has 0 saturated heterocycles. The molecule has 0 fully saturated rings. The monoisotopic (exact) mass is 800 g/mol. The largest absolute Gasteiger partial charge is 0.228 e. The second-order valence-electron chi connectivity index (χ2n) is 16.4. The number of nitrogens with zero attached hydrogens (tertiary/aromatic N) is 2. The lowest BCUT2D eigenvalue weighted by atomic mass is 9.67. The summed E-state index contributed by atoms with van der Waals surface area (Å²) >= 11 is 0. The standard InChI is InChI=1S/C61H40N2/c1-5-19-41(20-6-1)49-35-33-42-21-13-14-28-48(42)59(49)58-40-57(62-60(63-58)43-22-7-2-8-23-43)54-38-37-47(50-29-15-16-30-51(50)54)44-34-36-53-52-31-17-18-32-55(52)61(56(53)39-44,45-24-9-3-10-25-45)46-26-11-4-12-27-46/h1-40H. The molecule has 0 unspecified atom stereocenters. The zero-order chi connectivity index (χ0) is 41.7. The molecule has 0 amide bonds. The van der Waals surface area contributed by atoms with E-state index in [1.807, 2.05) is 6.07 Å². The smallest absolute Gasteiger partial charge is 0.160 e. The summed E-state index contributed by atoms with van der Waals surface area (Å²) in [7, 11) is 0. The summed E-state index contributed by atoms with van der Waals surface area (Å²) in [6.45, 7) is 0. The van der Waals surface area contributed by atoms with Crippen LogP contribution < -0.4 is 0 Å². The molecule has 0 N–H and O–H groups in total. The highest BCUT2D eigenvalue weighted by molar-refractivity contribution is 6.07. The van der Waals surface area contributed by atoms with Gasteiger partial charge in [-0.05, 0) is 89.3 Å². The van der Waals surface area contributed by atoms with Gasteiger partial charge in [0, 0.05) is 16.7 Å². The maximum absolute atomic E-state index is 5.38. The molecule has 2 heteroatoms. The molecule has 294 valence electrons. The van der Waals surface area contributed by atoms with Crippen molar-refractivity contribution in [3.8, 4) is 67.3 Å². The zero-order valence-electron chi connectivity index (χ0n) is 34.5. The van der Waals surface area contributed by atoms with Crippen molar-refractivity contribution in [1.82, 2.24) is 9.97 Å². The van der Waals surface area contributed by atoms with Crippen LogP contribution in [0, 0.1) is 0 Å². The van der Waals surface area contributed by atoms with Gasteiger partial charge in [0.1, 0.15) is 0 Å². The van der Waals surface area contributed by atoms with Gasteiger partial charge in [0.05, 0.1) is 16.8 Å². The van der Waals surface area contributed by atoms with Crippen molar-refractivity contribution >= 4 is 21.5 Å². The molecular formula is C61H40N2. The quantitative estimate of drug-likeness (QED) is 0.160. The Labute approximate surface area is 367 Å². The lowest BCUT2D eigenvalue weighted by Gasteiger charge is -2.34. The molecule has 0 saturated carbocycles. The highest BCUT2D eigenvalue weighted by atomic mass is 14.9. The van der Waals surface area contributed by atoms with Crippen molar-refractivity contribution in [2.45, 2.75) is 5.41 Å². The molecule has 0 aliphatic heterocycles. The van der Waals surface area contributed by atoms with Crippen LogP contribution in [0.25, 0.3) is 88.8 Å². The summed E-state index contributed by atoms with van der Waals surface area (Å²) in [5.74, 6) is 0.694. The van der Waals surface area contributed by atoms with E-state index < -0.39 is 5.41 Å². The van der Waals surface area contributed by atoms with E-state index in [0.717, 1.165) is 50.0 Å². The third-order valence-corrected chi connectivity index (χ3v) is 13.0. The Kier molecular flexibility index (Phi) is 8.76. The summed E-state index contributed by atoms with van der Waals surface area (Å²) in [6, 6.07) is 87.7. The van der Waals surface area contributed by atoms with E-state index in [-0.39, 0.29) is 0 Å². The summed E-state index contributed by atoms with van der Waals surface area (Å²) in [4.78, 5) is 10.8. The summed E-state index contributed by atoms with van der Waals surface area (Å²) in [6.07, 6.45) is 0. The Morgan fingerprint density at radius 3 is 1.51 bits per heavy atom. The van der Waals surface area contributed by atoms with E-state index in [1.165, 1.54) is 55.3 Å². The number of fused-ring (bicyclic) bond motifs is 5. The van der Waals surface area contributed by atoms with Crippen LogP contribution in [0.1, 0.15) is 22.3 Å². The van der Waals surface area contributed by atoms with Crippen LogP contribution in [0.3, 0.4) is 0 Å². The maximum Gasteiger partial charge on any atom is 0.160 e. The first kappa shape index (κ1) is 36.6. The molecule has 2 nitrogen and oxygen atoms in total. The molecule has 1 aromatic heterocycles. The SMILES string of the molecule is c1ccc(-c2nc(-c3c(-c4ccccc4)ccc4ccccc34)cc(-c3ccc(-c4ccc5c(c4)C(c4ccccc4)(c4ccccc4)c4ccccc4-5)c4ccccc34)n2)cc1. The molecule has 11 aromatic rings. The molecule has 0 radical (unpaired) electrons. The van der Waals surface area contributed by atoms with Gasteiger partial charge >= 0.3 is 0 Å². The van der Waals surface area contributed by atoms with Gasteiger partial charge in [-0.2, -0.15) is 0 Å². The molecule has 63 heavy (non-hydrogen) atoms. The number of rotatable bonds is 7. The van der Waals surface area contributed by atoms with E-state index in [2.05, 4.69) is 237 Å². The highest BCUT2D eigenvalue weighted by Gasteiger charge is 2.46. The number of hydrogen-bond donors (Lipinski definition) is 0. The van der Waals surface area contributed by atoms with Crippen LogP contribution >= 0.6 is 0 Å². The van der Waals surface area contributed by atoms with Crippen molar-refractivity contribution in [3.63, 3.8) is 0 Å². The molecule has 1 aliphatic carbocycles. The Bertz CT molecular complexity index is 3450. The van der Waals surface area contributed by atoms with E-state index in [9.17, 15) is 0 Å². The first-order valence-corrected chi connectivity index (χ1v) is 21.7. The average Bonchev–Trinajstić information content (AvgIpc) is 3.67. The number of aromatic nitrogens is 2. The fraction of sp³-hybridized carbons (Fsp3) is 0.0164. The van der Waals surface area contributed by atoms with E-state index in [0.29, 0.717) is 5.82 Å². The van der Waals surface area contributed by atoms with Crippen LogP contribution in [-0.2, 0) is 5.41 Å². The fourth-order valence-electron chi connectivity index (χ4n) is 10.2. The molecule has 0 bridgehead atoms. The maximum atomic E-state index is 5.38. The molecular weight excluding hydrogens is 761 g/mol. The second-order valence-corrected chi connectivity index (χ2v) is 16.4. The Morgan fingerprint density at radius 1 is 0.286 bits per heavy atom. The molecule has 0 spiro atoms. The first-order valence-electron chi connectivity index (χ1n) is 21.7. The Balaban J connectivity index is 1.08. The van der Waals surface area contributed by atoms with Crippen LogP contribution in [0.5, 0.6) is 0 Å². The predicted molar refractivity (Wildman–Crippen MR) is 262 cm³/mol. The number of benzene rings is 10. The van der Waals surface area contributed by atoms with Gasteiger partial charge in [0.25, 0.3) is 0 Å². The van der Waals surface area contributed by atoms with Crippen LogP contribution in [-0.4, -0.2) is 9.97 Å². The first-order chi connectivity index (χ1) is 31.3. The van der Waals surface area contributed by atoms with Crippen LogP contribution in [0.2, 0.25) is 0 Å². The number of hydrogen-bond acceptors (Lipinski definition) is 2. The van der Waals surface area contributed by atoms with Gasteiger partial charge in [0.2, 0.25) is 0 Å². The predicted octanol–water partition coefficient (Wildman–Crippen LogP) is 15.5. The third kappa shape index (κ3) is 5.95. The van der Waals surface area contributed by atoms with Crippen LogP contribution in [0.4, 0.5) is 0 Å². The Morgan fingerprint density at radius 2 is 0.794 bits per heavy atom. The zero-order valence-corrected chi connectivity index (χ0v) is 34.5. The van der Waals surface area contributed by atoms with Crippen molar-refractivity contribution in [3.05, 3.63) is 265 Å². The van der Waals surface area contributed by atoms with Crippen molar-refractivity contribution in [1.29, 1.82) is 0 Å². The molecule has 1 heterocycles. The van der Waals surface area contributed by atoms with Gasteiger partial charge in [-0.25, -0.2) is 9.97 Å². The lowest BCUT2D eigenvalue weighted by molar-refractivity contribution is 0.769.